The van der Waals surface area contributed by atoms with Crippen molar-refractivity contribution in [2.45, 2.75) is 0 Å². The SMILES string of the molecule is Oc1ccccc1O.[NaH]. The molecule has 3 heteroatoms. The van der Waals surface area contributed by atoms with Crippen LogP contribution >= 0.6 is 0 Å². The van der Waals surface area contributed by atoms with Crippen LogP contribution in [0.2, 0.25) is 0 Å². The molecule has 9 heavy (non-hydrogen) atoms. The summed E-state index contributed by atoms with van der Waals surface area (Å²) >= 11 is 0. The first-order chi connectivity index (χ1) is 3.80. The molecule has 0 aromatic heterocycles. The third kappa shape index (κ3) is 2.26. The molecule has 0 atom stereocenters. The van der Waals surface area contributed by atoms with Crippen LogP contribution in [0.4, 0.5) is 0 Å². The predicted octanol–water partition coefficient (Wildman–Crippen LogP) is 0.449. The van der Waals surface area contributed by atoms with E-state index in [0.29, 0.717) is 0 Å². The van der Waals surface area contributed by atoms with E-state index in [1.54, 1.807) is 12.1 Å². The molecule has 2 nitrogen and oxygen atoms in total. The number of phenolic OH excluding ortho intramolecular Hbond substituents is 2. The quantitative estimate of drug-likeness (QED) is 0.399. The molecular formula is C6H7NaO2. The van der Waals surface area contributed by atoms with Crippen molar-refractivity contribution in [2.75, 3.05) is 0 Å². The fourth-order valence-corrected chi connectivity index (χ4v) is 0.464. The van der Waals surface area contributed by atoms with Crippen molar-refractivity contribution in [2.24, 2.45) is 0 Å². The van der Waals surface area contributed by atoms with Crippen LogP contribution in [0.25, 0.3) is 0 Å². The molecule has 0 saturated carbocycles. The molecule has 44 valence electrons. The Morgan fingerprint density at radius 2 is 1.22 bits per heavy atom. The van der Waals surface area contributed by atoms with Crippen molar-refractivity contribution < 1.29 is 10.2 Å². The van der Waals surface area contributed by atoms with E-state index in [0.717, 1.165) is 0 Å². The van der Waals surface area contributed by atoms with Crippen LogP contribution in [0.3, 0.4) is 0 Å². The normalized spacial score (nSPS) is 8.00. The van der Waals surface area contributed by atoms with Gasteiger partial charge in [0.25, 0.3) is 0 Å². The van der Waals surface area contributed by atoms with Gasteiger partial charge in [-0.25, -0.2) is 0 Å². The van der Waals surface area contributed by atoms with Crippen LogP contribution in [-0.4, -0.2) is 39.8 Å². The number of rotatable bonds is 0. The van der Waals surface area contributed by atoms with E-state index < -0.39 is 0 Å². The van der Waals surface area contributed by atoms with Gasteiger partial charge >= 0.3 is 29.6 Å². The van der Waals surface area contributed by atoms with Gasteiger partial charge in [-0.15, -0.1) is 0 Å². The van der Waals surface area contributed by atoms with Gasteiger partial charge in [0.05, 0.1) is 0 Å². The Balaban J connectivity index is 0.000000640. The van der Waals surface area contributed by atoms with E-state index in [4.69, 9.17) is 10.2 Å². The van der Waals surface area contributed by atoms with Crippen molar-refractivity contribution in [3.05, 3.63) is 24.3 Å². The van der Waals surface area contributed by atoms with Crippen molar-refractivity contribution >= 4 is 29.6 Å². The van der Waals surface area contributed by atoms with Gasteiger partial charge in [0.2, 0.25) is 0 Å². The fraction of sp³-hybridized carbons (Fsp3) is 0. The molecule has 0 aliphatic carbocycles. The monoisotopic (exact) mass is 134 g/mol. The van der Waals surface area contributed by atoms with Gasteiger partial charge < -0.3 is 10.2 Å². The average molecular weight is 134 g/mol. The Morgan fingerprint density at radius 1 is 0.889 bits per heavy atom. The molecule has 1 rings (SSSR count). The van der Waals surface area contributed by atoms with E-state index in [2.05, 4.69) is 0 Å². The van der Waals surface area contributed by atoms with Gasteiger partial charge in [-0.1, -0.05) is 12.1 Å². The second-order valence-electron chi connectivity index (χ2n) is 1.49. The zero-order valence-electron chi connectivity index (χ0n) is 4.20. The predicted molar refractivity (Wildman–Crippen MR) is 36.9 cm³/mol. The van der Waals surface area contributed by atoms with Crippen LogP contribution in [0.1, 0.15) is 0 Å². The maximum atomic E-state index is 8.67. The first kappa shape index (κ1) is 8.82. The molecule has 0 bridgehead atoms. The summed E-state index contributed by atoms with van der Waals surface area (Å²) in [7, 11) is 0. The molecule has 0 radical (unpaired) electrons. The average Bonchev–Trinajstić information content (AvgIpc) is 1.77. The Hall–Kier alpha value is -0.180. The zero-order valence-corrected chi connectivity index (χ0v) is 4.20. The molecule has 0 heterocycles. The topological polar surface area (TPSA) is 40.5 Å². The molecule has 0 saturated heterocycles. The Kier molecular flexibility index (Phi) is 3.70. The minimum absolute atomic E-state index is 0. The van der Waals surface area contributed by atoms with E-state index >= 15 is 0 Å². The van der Waals surface area contributed by atoms with Crippen molar-refractivity contribution in [3.63, 3.8) is 0 Å². The van der Waals surface area contributed by atoms with E-state index in [9.17, 15) is 0 Å². The summed E-state index contributed by atoms with van der Waals surface area (Å²) in [5, 5.41) is 17.3. The summed E-state index contributed by atoms with van der Waals surface area (Å²) in [6.45, 7) is 0. The van der Waals surface area contributed by atoms with Gasteiger partial charge in [0.15, 0.2) is 11.5 Å². The van der Waals surface area contributed by atoms with Crippen LogP contribution in [-0.2, 0) is 0 Å². The number of hydrogen-bond acceptors (Lipinski definition) is 2. The summed E-state index contributed by atoms with van der Waals surface area (Å²) in [6, 6.07) is 6.15. The molecule has 0 fully saturated rings. The molecule has 0 spiro atoms. The first-order valence-corrected chi connectivity index (χ1v) is 2.27. The molecule has 2 N–H and O–H groups in total. The zero-order chi connectivity index (χ0) is 5.98. The number of hydrogen-bond donors (Lipinski definition) is 2. The van der Waals surface area contributed by atoms with Gasteiger partial charge in [-0.3, -0.25) is 0 Å². The second kappa shape index (κ2) is 3.77. The van der Waals surface area contributed by atoms with Crippen LogP contribution in [0, 0.1) is 0 Å². The Bertz CT molecular complexity index is 167. The molecular weight excluding hydrogens is 127 g/mol. The third-order valence-electron chi connectivity index (χ3n) is 0.882. The van der Waals surface area contributed by atoms with Crippen molar-refractivity contribution in [1.82, 2.24) is 0 Å². The standard InChI is InChI=1S/C6H6O2.Na.H/c7-5-3-1-2-4-6(5)8;;/h1-4,7-8H;;. The number of para-hydroxylation sites is 2. The van der Waals surface area contributed by atoms with Crippen molar-refractivity contribution in [1.29, 1.82) is 0 Å². The number of aromatic hydroxyl groups is 2. The number of benzene rings is 1. The van der Waals surface area contributed by atoms with E-state index in [1.165, 1.54) is 12.1 Å². The van der Waals surface area contributed by atoms with Gasteiger partial charge in [-0.05, 0) is 12.1 Å². The first-order valence-electron chi connectivity index (χ1n) is 2.27. The summed E-state index contributed by atoms with van der Waals surface area (Å²) in [6.07, 6.45) is 0. The molecule has 1 aromatic rings. The van der Waals surface area contributed by atoms with Gasteiger partial charge in [0, 0.05) is 0 Å². The molecule has 0 unspecified atom stereocenters. The second-order valence-corrected chi connectivity index (χ2v) is 1.49. The Labute approximate surface area is 75.4 Å². The van der Waals surface area contributed by atoms with Crippen LogP contribution < -0.4 is 0 Å². The van der Waals surface area contributed by atoms with Crippen LogP contribution in [0.15, 0.2) is 24.3 Å². The molecule has 1 aromatic carbocycles. The molecule has 0 aliphatic rings. The van der Waals surface area contributed by atoms with Gasteiger partial charge in [0.1, 0.15) is 0 Å². The molecule has 0 amide bonds. The summed E-state index contributed by atoms with van der Waals surface area (Å²) in [5.74, 6) is -0.153. The Morgan fingerprint density at radius 3 is 1.44 bits per heavy atom. The van der Waals surface area contributed by atoms with Gasteiger partial charge in [-0.2, -0.15) is 0 Å². The van der Waals surface area contributed by atoms with E-state index in [-0.39, 0.29) is 41.1 Å². The number of phenols is 2. The minimum atomic E-state index is -0.0764. The summed E-state index contributed by atoms with van der Waals surface area (Å²) in [5.41, 5.74) is 0. The third-order valence-corrected chi connectivity index (χ3v) is 0.882. The maximum absolute atomic E-state index is 8.67. The molecule has 0 aliphatic heterocycles. The fourth-order valence-electron chi connectivity index (χ4n) is 0.464. The van der Waals surface area contributed by atoms with E-state index in [1.807, 2.05) is 0 Å². The summed E-state index contributed by atoms with van der Waals surface area (Å²) < 4.78 is 0. The summed E-state index contributed by atoms with van der Waals surface area (Å²) in [4.78, 5) is 0. The van der Waals surface area contributed by atoms with Crippen LogP contribution in [0.5, 0.6) is 11.5 Å². The van der Waals surface area contributed by atoms with Crippen molar-refractivity contribution in [3.8, 4) is 11.5 Å².